The highest BCUT2D eigenvalue weighted by molar-refractivity contribution is 5.28. The SMILES string of the molecule is Cc1ccc([C@@]2(O)CCCC[C@@H]2Cc2ccccn2)cc1. The van der Waals surface area contributed by atoms with Crippen molar-refractivity contribution in [3.8, 4) is 0 Å². The third-order valence-electron chi connectivity index (χ3n) is 4.77. The van der Waals surface area contributed by atoms with Gasteiger partial charge < -0.3 is 5.11 Å². The molecule has 2 nitrogen and oxygen atoms in total. The topological polar surface area (TPSA) is 33.1 Å². The fourth-order valence-corrected chi connectivity index (χ4v) is 3.49. The molecule has 3 rings (SSSR count). The molecule has 0 unspecified atom stereocenters. The van der Waals surface area contributed by atoms with Crippen molar-refractivity contribution in [2.24, 2.45) is 5.92 Å². The zero-order valence-corrected chi connectivity index (χ0v) is 12.6. The van der Waals surface area contributed by atoms with Crippen LogP contribution in [0.4, 0.5) is 0 Å². The molecule has 21 heavy (non-hydrogen) atoms. The molecular formula is C19H23NO. The van der Waals surface area contributed by atoms with Crippen LogP contribution < -0.4 is 0 Å². The van der Waals surface area contributed by atoms with Gasteiger partial charge in [0.2, 0.25) is 0 Å². The second-order valence-corrected chi connectivity index (χ2v) is 6.26. The summed E-state index contributed by atoms with van der Waals surface area (Å²) in [6.45, 7) is 2.08. The maximum absolute atomic E-state index is 11.3. The van der Waals surface area contributed by atoms with Crippen LogP contribution in [0.25, 0.3) is 0 Å². The molecule has 1 saturated carbocycles. The molecule has 2 aromatic rings. The van der Waals surface area contributed by atoms with Gasteiger partial charge in [-0.3, -0.25) is 4.98 Å². The maximum atomic E-state index is 11.3. The minimum Gasteiger partial charge on any atom is -0.385 e. The molecule has 1 aliphatic carbocycles. The maximum Gasteiger partial charge on any atom is 0.0928 e. The van der Waals surface area contributed by atoms with E-state index in [1.165, 1.54) is 12.0 Å². The quantitative estimate of drug-likeness (QED) is 0.922. The number of hydrogen-bond acceptors (Lipinski definition) is 2. The van der Waals surface area contributed by atoms with E-state index in [0.717, 1.165) is 36.9 Å². The van der Waals surface area contributed by atoms with Gasteiger partial charge in [-0.05, 0) is 49.8 Å². The summed E-state index contributed by atoms with van der Waals surface area (Å²) >= 11 is 0. The first-order chi connectivity index (χ1) is 10.2. The lowest BCUT2D eigenvalue weighted by Gasteiger charge is -2.40. The van der Waals surface area contributed by atoms with Gasteiger partial charge in [-0.1, -0.05) is 48.7 Å². The van der Waals surface area contributed by atoms with Crippen molar-refractivity contribution in [3.05, 3.63) is 65.5 Å². The lowest BCUT2D eigenvalue weighted by Crippen LogP contribution is -2.39. The van der Waals surface area contributed by atoms with E-state index in [1.54, 1.807) is 0 Å². The van der Waals surface area contributed by atoms with Crippen molar-refractivity contribution in [3.63, 3.8) is 0 Å². The van der Waals surface area contributed by atoms with Gasteiger partial charge in [0, 0.05) is 11.9 Å². The van der Waals surface area contributed by atoms with E-state index in [2.05, 4.69) is 42.2 Å². The Morgan fingerprint density at radius 1 is 1.14 bits per heavy atom. The first kappa shape index (κ1) is 14.3. The highest BCUT2D eigenvalue weighted by Crippen LogP contribution is 2.43. The Labute approximate surface area is 126 Å². The molecule has 0 radical (unpaired) electrons. The van der Waals surface area contributed by atoms with Gasteiger partial charge in [0.25, 0.3) is 0 Å². The Hall–Kier alpha value is -1.67. The Morgan fingerprint density at radius 3 is 2.67 bits per heavy atom. The highest BCUT2D eigenvalue weighted by atomic mass is 16.3. The standard InChI is InChI=1S/C19H23NO/c1-15-8-10-16(11-9-15)19(21)12-4-2-6-17(19)14-18-7-3-5-13-20-18/h3,5,7-11,13,17,21H,2,4,6,12,14H2,1H3/t17-,19+/m1/s1. The van der Waals surface area contributed by atoms with E-state index in [9.17, 15) is 5.11 Å². The molecule has 2 heteroatoms. The monoisotopic (exact) mass is 281 g/mol. The van der Waals surface area contributed by atoms with E-state index >= 15 is 0 Å². The number of rotatable bonds is 3. The molecule has 110 valence electrons. The highest BCUT2D eigenvalue weighted by Gasteiger charge is 2.40. The van der Waals surface area contributed by atoms with E-state index < -0.39 is 5.60 Å². The van der Waals surface area contributed by atoms with E-state index in [1.807, 2.05) is 18.3 Å². The summed E-state index contributed by atoms with van der Waals surface area (Å²) in [5.41, 5.74) is 2.67. The average Bonchev–Trinajstić information content (AvgIpc) is 2.51. The van der Waals surface area contributed by atoms with Crippen LogP contribution in [-0.4, -0.2) is 10.1 Å². The lowest BCUT2D eigenvalue weighted by atomic mass is 9.69. The molecule has 1 fully saturated rings. The largest absolute Gasteiger partial charge is 0.385 e. The van der Waals surface area contributed by atoms with Crippen molar-refractivity contribution in [1.82, 2.24) is 4.98 Å². The number of aliphatic hydroxyl groups is 1. The number of aromatic nitrogens is 1. The van der Waals surface area contributed by atoms with Crippen LogP contribution in [0.2, 0.25) is 0 Å². The Morgan fingerprint density at radius 2 is 1.95 bits per heavy atom. The fraction of sp³-hybridized carbons (Fsp3) is 0.421. The summed E-state index contributed by atoms with van der Waals surface area (Å²) in [4.78, 5) is 4.44. The predicted molar refractivity (Wildman–Crippen MR) is 85.0 cm³/mol. The third kappa shape index (κ3) is 3.01. The first-order valence-corrected chi connectivity index (χ1v) is 7.88. The number of aryl methyl sites for hydroxylation is 1. The van der Waals surface area contributed by atoms with Crippen molar-refractivity contribution >= 4 is 0 Å². The molecule has 1 heterocycles. The zero-order chi connectivity index (χ0) is 14.7. The zero-order valence-electron chi connectivity index (χ0n) is 12.6. The lowest BCUT2D eigenvalue weighted by molar-refractivity contribution is -0.0545. The summed E-state index contributed by atoms with van der Waals surface area (Å²) in [6.07, 6.45) is 6.91. The van der Waals surface area contributed by atoms with Gasteiger partial charge in [0.1, 0.15) is 0 Å². The van der Waals surface area contributed by atoms with Crippen LogP contribution in [0.5, 0.6) is 0 Å². The minimum absolute atomic E-state index is 0.254. The van der Waals surface area contributed by atoms with Crippen molar-refractivity contribution in [2.45, 2.75) is 44.6 Å². The molecule has 1 aliphatic rings. The minimum atomic E-state index is -0.705. The van der Waals surface area contributed by atoms with E-state index in [-0.39, 0.29) is 5.92 Å². The van der Waals surface area contributed by atoms with Crippen LogP contribution in [-0.2, 0) is 12.0 Å². The van der Waals surface area contributed by atoms with E-state index in [0.29, 0.717) is 0 Å². The molecule has 0 amide bonds. The number of pyridine rings is 1. The van der Waals surface area contributed by atoms with Gasteiger partial charge in [-0.15, -0.1) is 0 Å². The van der Waals surface area contributed by atoms with Crippen molar-refractivity contribution in [2.75, 3.05) is 0 Å². The average molecular weight is 281 g/mol. The van der Waals surface area contributed by atoms with Gasteiger partial charge in [-0.25, -0.2) is 0 Å². The summed E-state index contributed by atoms with van der Waals surface area (Å²) in [5, 5.41) is 11.3. The Balaban J connectivity index is 1.88. The summed E-state index contributed by atoms with van der Waals surface area (Å²) in [5.74, 6) is 0.254. The molecule has 1 aromatic heterocycles. The summed E-state index contributed by atoms with van der Waals surface area (Å²) in [6, 6.07) is 14.4. The Bertz CT molecular complexity index is 578. The second-order valence-electron chi connectivity index (χ2n) is 6.26. The van der Waals surface area contributed by atoms with E-state index in [4.69, 9.17) is 0 Å². The molecule has 0 saturated heterocycles. The van der Waals surface area contributed by atoms with Gasteiger partial charge >= 0.3 is 0 Å². The molecule has 2 atom stereocenters. The van der Waals surface area contributed by atoms with Crippen LogP contribution in [0.3, 0.4) is 0 Å². The van der Waals surface area contributed by atoms with Crippen molar-refractivity contribution in [1.29, 1.82) is 0 Å². The molecule has 0 spiro atoms. The first-order valence-electron chi connectivity index (χ1n) is 7.88. The smallest absolute Gasteiger partial charge is 0.0928 e. The normalized spacial score (nSPS) is 25.7. The summed E-state index contributed by atoms with van der Waals surface area (Å²) < 4.78 is 0. The van der Waals surface area contributed by atoms with Crippen LogP contribution in [0.1, 0.15) is 42.5 Å². The van der Waals surface area contributed by atoms with Gasteiger partial charge in [-0.2, -0.15) is 0 Å². The molecular weight excluding hydrogens is 258 g/mol. The molecule has 0 bridgehead atoms. The predicted octanol–water partition coefficient (Wildman–Crippen LogP) is 4.01. The molecule has 1 N–H and O–H groups in total. The van der Waals surface area contributed by atoms with Gasteiger partial charge in [0.05, 0.1) is 5.60 Å². The number of nitrogens with zero attached hydrogens (tertiary/aromatic N) is 1. The third-order valence-corrected chi connectivity index (χ3v) is 4.77. The molecule has 0 aliphatic heterocycles. The fourth-order valence-electron chi connectivity index (χ4n) is 3.49. The number of benzene rings is 1. The Kier molecular flexibility index (Phi) is 4.07. The van der Waals surface area contributed by atoms with Crippen molar-refractivity contribution < 1.29 is 5.11 Å². The number of hydrogen-bond donors (Lipinski definition) is 1. The van der Waals surface area contributed by atoms with Crippen LogP contribution in [0, 0.1) is 12.8 Å². The second kappa shape index (κ2) is 5.98. The van der Waals surface area contributed by atoms with Crippen LogP contribution >= 0.6 is 0 Å². The summed E-state index contributed by atoms with van der Waals surface area (Å²) in [7, 11) is 0. The van der Waals surface area contributed by atoms with Gasteiger partial charge in [0.15, 0.2) is 0 Å². The molecule has 1 aromatic carbocycles. The van der Waals surface area contributed by atoms with Crippen LogP contribution in [0.15, 0.2) is 48.7 Å².